The fourth-order valence-electron chi connectivity index (χ4n) is 3.73. The van der Waals surface area contributed by atoms with E-state index in [4.69, 9.17) is 4.74 Å². The molecule has 6 heteroatoms. The molecule has 0 spiro atoms. The number of nitro groups is 1. The number of hydrogen-bond acceptors (Lipinski definition) is 5. The quantitative estimate of drug-likeness (QED) is 0.351. The van der Waals surface area contributed by atoms with Crippen molar-refractivity contribution in [3.63, 3.8) is 0 Å². The summed E-state index contributed by atoms with van der Waals surface area (Å²) < 4.78 is 5.28. The topological polar surface area (TPSA) is 81.5 Å². The zero-order valence-corrected chi connectivity index (χ0v) is 15.2. The molecule has 1 saturated carbocycles. The highest BCUT2D eigenvalue weighted by molar-refractivity contribution is 5.89. The molecule has 0 amide bonds. The molecule has 2 rings (SSSR count). The lowest BCUT2D eigenvalue weighted by Gasteiger charge is -2.39. The van der Waals surface area contributed by atoms with E-state index in [1.807, 2.05) is 0 Å². The van der Waals surface area contributed by atoms with E-state index in [1.165, 1.54) is 43.5 Å². The predicted molar refractivity (Wildman–Crippen MR) is 96.5 cm³/mol. The molecule has 1 aliphatic carbocycles. The van der Waals surface area contributed by atoms with Crippen molar-refractivity contribution in [1.82, 2.24) is 5.32 Å². The van der Waals surface area contributed by atoms with E-state index in [-0.39, 0.29) is 5.69 Å². The Bertz CT molecular complexity index is 586. The van der Waals surface area contributed by atoms with Gasteiger partial charge < -0.3 is 10.1 Å². The normalized spacial score (nSPS) is 23.4. The van der Waals surface area contributed by atoms with Crippen molar-refractivity contribution in [3.05, 3.63) is 39.9 Å². The van der Waals surface area contributed by atoms with Crippen LogP contribution in [0.4, 0.5) is 5.69 Å². The maximum absolute atomic E-state index is 12.0. The number of hydrogen-bond donors (Lipinski definition) is 1. The third-order valence-corrected chi connectivity index (χ3v) is 5.16. The number of nitrogens with zero attached hydrogens (tertiary/aromatic N) is 1. The van der Waals surface area contributed by atoms with Gasteiger partial charge in [0, 0.05) is 24.7 Å². The predicted octanol–water partition coefficient (Wildman–Crippen LogP) is 3.80. The Labute approximate surface area is 149 Å². The van der Waals surface area contributed by atoms with E-state index in [9.17, 15) is 14.9 Å². The first-order valence-corrected chi connectivity index (χ1v) is 9.05. The van der Waals surface area contributed by atoms with Gasteiger partial charge in [-0.25, -0.2) is 4.79 Å². The molecular weight excluding hydrogens is 320 g/mol. The molecule has 1 aromatic carbocycles. The van der Waals surface area contributed by atoms with Gasteiger partial charge in [-0.15, -0.1) is 0 Å². The van der Waals surface area contributed by atoms with Crippen LogP contribution < -0.4 is 5.32 Å². The molecule has 0 radical (unpaired) electrons. The number of nitrogens with one attached hydrogen (secondary N) is 1. The number of carbonyl (C=O) groups excluding carboxylic acids is 1. The van der Waals surface area contributed by atoms with E-state index in [1.54, 1.807) is 0 Å². The molecule has 0 aliphatic heterocycles. The molecule has 0 heterocycles. The van der Waals surface area contributed by atoms with Crippen LogP contribution in [0.15, 0.2) is 24.3 Å². The minimum absolute atomic E-state index is 0.0377. The van der Waals surface area contributed by atoms with Crippen molar-refractivity contribution in [2.24, 2.45) is 17.8 Å². The van der Waals surface area contributed by atoms with E-state index in [0.717, 1.165) is 0 Å². The first kappa shape index (κ1) is 19.4. The van der Waals surface area contributed by atoms with Gasteiger partial charge in [-0.1, -0.05) is 27.2 Å². The summed E-state index contributed by atoms with van der Waals surface area (Å²) in [6.45, 7) is 7.74. The molecule has 1 aliphatic rings. The van der Waals surface area contributed by atoms with Gasteiger partial charge >= 0.3 is 5.97 Å². The lowest BCUT2D eigenvalue weighted by atomic mass is 9.73. The minimum Gasteiger partial charge on any atom is -0.461 e. The van der Waals surface area contributed by atoms with Crippen LogP contribution in [-0.2, 0) is 4.74 Å². The summed E-state index contributed by atoms with van der Waals surface area (Å²) in [5.41, 5.74) is 0.293. The number of esters is 1. The van der Waals surface area contributed by atoms with E-state index in [2.05, 4.69) is 26.1 Å². The van der Waals surface area contributed by atoms with Crippen LogP contribution >= 0.6 is 0 Å². The van der Waals surface area contributed by atoms with Gasteiger partial charge in [-0.05, 0) is 42.7 Å². The van der Waals surface area contributed by atoms with Crippen molar-refractivity contribution < 1.29 is 14.5 Å². The second-order valence-corrected chi connectivity index (χ2v) is 7.24. The van der Waals surface area contributed by atoms with Crippen LogP contribution in [0.2, 0.25) is 0 Å². The van der Waals surface area contributed by atoms with Crippen LogP contribution in [0.25, 0.3) is 0 Å². The molecule has 0 bridgehead atoms. The van der Waals surface area contributed by atoms with Crippen molar-refractivity contribution in [3.8, 4) is 0 Å². The summed E-state index contributed by atoms with van der Waals surface area (Å²) in [4.78, 5) is 22.1. The number of ether oxygens (including phenoxy) is 1. The molecular formula is C19H28N2O4. The zero-order chi connectivity index (χ0) is 18.4. The molecule has 25 heavy (non-hydrogen) atoms. The van der Waals surface area contributed by atoms with Gasteiger partial charge in [0.1, 0.15) is 6.61 Å². The number of non-ortho nitro benzene ring substituents is 1. The highest BCUT2D eigenvalue weighted by Crippen LogP contribution is 2.33. The molecule has 0 unspecified atom stereocenters. The number of rotatable bonds is 7. The Morgan fingerprint density at radius 2 is 2.00 bits per heavy atom. The smallest absolute Gasteiger partial charge is 0.338 e. The van der Waals surface area contributed by atoms with Crippen LogP contribution in [-0.4, -0.2) is 30.1 Å². The Balaban J connectivity index is 1.79. The molecule has 0 aromatic heterocycles. The van der Waals surface area contributed by atoms with Gasteiger partial charge in [0.2, 0.25) is 0 Å². The summed E-state index contributed by atoms with van der Waals surface area (Å²) >= 11 is 0. The molecule has 138 valence electrons. The lowest BCUT2D eigenvalue weighted by Crippen LogP contribution is -2.46. The molecule has 6 nitrogen and oxygen atoms in total. The second-order valence-electron chi connectivity index (χ2n) is 7.24. The third-order valence-electron chi connectivity index (χ3n) is 5.16. The highest BCUT2D eigenvalue weighted by atomic mass is 16.6. The Morgan fingerprint density at radius 3 is 2.60 bits per heavy atom. The van der Waals surface area contributed by atoms with Crippen molar-refractivity contribution in [2.75, 3.05) is 13.2 Å². The maximum atomic E-state index is 12.0. The molecule has 1 aromatic rings. The summed E-state index contributed by atoms with van der Waals surface area (Å²) in [7, 11) is 0. The fourth-order valence-corrected chi connectivity index (χ4v) is 3.73. The SMILES string of the molecule is CC(C)[C@H]1CCC[C@@H](C)[C@H]1NCCOC(=O)c1ccc([N+](=O)[O-])cc1. The second kappa shape index (κ2) is 8.94. The minimum atomic E-state index is -0.491. The Kier molecular flexibility index (Phi) is 6.93. The first-order valence-electron chi connectivity index (χ1n) is 9.05. The number of carbonyl (C=O) groups is 1. The standard InChI is InChI=1S/C19H28N2O4/c1-13(2)17-6-4-5-14(3)18(17)20-11-12-25-19(22)15-7-9-16(10-8-15)21(23)24/h7-10,13-14,17-18,20H,4-6,11-12H2,1-3H3/t14-,17-,18-/m1/s1. The summed E-state index contributed by atoms with van der Waals surface area (Å²) in [6, 6.07) is 5.93. The third kappa shape index (κ3) is 5.26. The highest BCUT2D eigenvalue weighted by Gasteiger charge is 2.31. The average molecular weight is 348 g/mol. The van der Waals surface area contributed by atoms with Crippen LogP contribution in [0.3, 0.4) is 0 Å². The molecule has 0 saturated heterocycles. The van der Waals surface area contributed by atoms with Gasteiger partial charge in [0.25, 0.3) is 5.69 Å². The van der Waals surface area contributed by atoms with E-state index < -0.39 is 10.9 Å². The Hall–Kier alpha value is -1.95. The molecule has 1 fully saturated rings. The van der Waals surface area contributed by atoms with Gasteiger partial charge in [0.15, 0.2) is 0 Å². The van der Waals surface area contributed by atoms with Gasteiger partial charge in [-0.2, -0.15) is 0 Å². The summed E-state index contributed by atoms with van der Waals surface area (Å²) in [5, 5.41) is 14.2. The first-order chi connectivity index (χ1) is 11.9. The van der Waals surface area contributed by atoms with Crippen LogP contribution in [0.1, 0.15) is 50.4 Å². The largest absolute Gasteiger partial charge is 0.461 e. The van der Waals surface area contributed by atoms with Crippen molar-refractivity contribution >= 4 is 11.7 Å². The molecule has 1 N–H and O–H groups in total. The average Bonchev–Trinajstić information content (AvgIpc) is 2.59. The van der Waals surface area contributed by atoms with Crippen molar-refractivity contribution in [1.29, 1.82) is 0 Å². The maximum Gasteiger partial charge on any atom is 0.338 e. The summed E-state index contributed by atoms with van der Waals surface area (Å²) in [5.74, 6) is 1.48. The van der Waals surface area contributed by atoms with Gasteiger partial charge in [0.05, 0.1) is 10.5 Å². The van der Waals surface area contributed by atoms with Gasteiger partial charge in [-0.3, -0.25) is 10.1 Å². The van der Waals surface area contributed by atoms with Crippen molar-refractivity contribution in [2.45, 2.75) is 46.1 Å². The lowest BCUT2D eigenvalue weighted by molar-refractivity contribution is -0.384. The van der Waals surface area contributed by atoms with E-state index in [0.29, 0.717) is 42.5 Å². The number of benzene rings is 1. The zero-order valence-electron chi connectivity index (χ0n) is 15.2. The van der Waals surface area contributed by atoms with Crippen LogP contribution in [0.5, 0.6) is 0 Å². The Morgan fingerprint density at radius 1 is 1.32 bits per heavy atom. The number of nitro benzene ring substituents is 1. The van der Waals surface area contributed by atoms with E-state index >= 15 is 0 Å². The summed E-state index contributed by atoms with van der Waals surface area (Å²) in [6.07, 6.45) is 3.78. The monoisotopic (exact) mass is 348 g/mol. The van der Waals surface area contributed by atoms with Crippen LogP contribution in [0, 0.1) is 27.9 Å². The fraction of sp³-hybridized carbons (Fsp3) is 0.632. The molecule has 3 atom stereocenters.